The summed E-state index contributed by atoms with van der Waals surface area (Å²) in [5.41, 5.74) is 7.92. The summed E-state index contributed by atoms with van der Waals surface area (Å²) >= 11 is 0. The van der Waals surface area contributed by atoms with E-state index in [-0.39, 0.29) is 11.9 Å². The Morgan fingerprint density at radius 2 is 2.00 bits per heavy atom. The Balaban J connectivity index is 2.92. The van der Waals surface area contributed by atoms with Crippen LogP contribution in [0.25, 0.3) is 0 Å². The summed E-state index contributed by atoms with van der Waals surface area (Å²) in [7, 11) is 2.06. The molecule has 1 rings (SSSR count). The van der Waals surface area contributed by atoms with Crippen LogP contribution in [0.5, 0.6) is 0 Å². The number of hydrogen-bond donors (Lipinski definition) is 1. The van der Waals surface area contributed by atoms with Gasteiger partial charge >= 0.3 is 0 Å². The van der Waals surface area contributed by atoms with Crippen LogP contribution < -0.4 is 10.6 Å². The van der Waals surface area contributed by atoms with Gasteiger partial charge in [-0.3, -0.25) is 0 Å². The van der Waals surface area contributed by atoms with Crippen molar-refractivity contribution >= 4 is 5.69 Å². The van der Waals surface area contributed by atoms with Crippen LogP contribution in [0.3, 0.4) is 0 Å². The van der Waals surface area contributed by atoms with Gasteiger partial charge in [0.25, 0.3) is 0 Å². The number of hydrogen-bond acceptors (Lipinski definition) is 2. The summed E-state index contributed by atoms with van der Waals surface area (Å²) in [6.45, 7) is 7.34. The van der Waals surface area contributed by atoms with Gasteiger partial charge in [-0.15, -0.1) is 0 Å². The summed E-state index contributed by atoms with van der Waals surface area (Å²) in [4.78, 5) is 2.20. The Hall–Kier alpha value is -1.09. The van der Waals surface area contributed by atoms with Gasteiger partial charge < -0.3 is 10.6 Å². The molecule has 2 atom stereocenters. The number of benzene rings is 1. The lowest BCUT2D eigenvalue weighted by atomic mass is 10.0. The van der Waals surface area contributed by atoms with Crippen LogP contribution >= 0.6 is 0 Å². The summed E-state index contributed by atoms with van der Waals surface area (Å²) in [5.74, 6) is 0.439. The molecule has 0 saturated heterocycles. The van der Waals surface area contributed by atoms with Gasteiger partial charge in [-0.1, -0.05) is 20.3 Å². The molecule has 0 heterocycles. The maximum atomic E-state index is 13.3. The van der Waals surface area contributed by atoms with E-state index < -0.39 is 0 Å². The largest absolute Gasteiger partial charge is 0.374 e. The summed E-state index contributed by atoms with van der Waals surface area (Å²) in [5, 5.41) is 0. The number of anilines is 1. The fourth-order valence-electron chi connectivity index (χ4n) is 2.13. The fraction of sp³-hybridized carbons (Fsp3) is 0.600. The van der Waals surface area contributed by atoms with Crippen LogP contribution in [0, 0.1) is 11.7 Å². The first-order chi connectivity index (χ1) is 8.43. The molecule has 0 amide bonds. The zero-order valence-corrected chi connectivity index (χ0v) is 11.9. The molecule has 0 fully saturated rings. The van der Waals surface area contributed by atoms with Crippen molar-refractivity contribution in [1.29, 1.82) is 0 Å². The van der Waals surface area contributed by atoms with E-state index in [4.69, 9.17) is 5.73 Å². The highest BCUT2D eigenvalue weighted by Crippen LogP contribution is 2.23. The average Bonchev–Trinajstić information content (AvgIpc) is 2.27. The lowest BCUT2D eigenvalue weighted by molar-refractivity contribution is 0.558. The predicted octanol–water partition coefficient (Wildman–Crippen LogP) is 3.20. The van der Waals surface area contributed by atoms with Crippen LogP contribution in [-0.4, -0.2) is 19.6 Å². The van der Waals surface area contributed by atoms with Gasteiger partial charge in [-0.2, -0.15) is 0 Å². The highest BCUT2D eigenvalue weighted by molar-refractivity contribution is 5.53. The molecular weight excluding hydrogens is 227 g/mol. The van der Waals surface area contributed by atoms with Crippen molar-refractivity contribution in [3.8, 4) is 0 Å². The summed E-state index contributed by atoms with van der Waals surface area (Å²) in [6.07, 6.45) is 1.85. The minimum atomic E-state index is -0.189. The monoisotopic (exact) mass is 252 g/mol. The highest BCUT2D eigenvalue weighted by atomic mass is 19.1. The molecule has 102 valence electrons. The maximum Gasteiger partial charge on any atom is 0.123 e. The number of nitrogens with two attached hydrogens (primary N) is 1. The Bertz CT molecular complexity index is 377. The third-order valence-electron chi connectivity index (χ3n) is 3.28. The van der Waals surface area contributed by atoms with E-state index in [1.165, 1.54) is 6.07 Å². The van der Waals surface area contributed by atoms with Gasteiger partial charge in [0, 0.05) is 25.3 Å². The Labute approximate surface area is 110 Å². The molecule has 0 aromatic heterocycles. The van der Waals surface area contributed by atoms with E-state index >= 15 is 0 Å². The molecule has 0 spiro atoms. The van der Waals surface area contributed by atoms with Gasteiger partial charge in [0.2, 0.25) is 0 Å². The van der Waals surface area contributed by atoms with E-state index in [2.05, 4.69) is 25.8 Å². The lowest BCUT2D eigenvalue weighted by Crippen LogP contribution is -2.26. The molecule has 0 saturated carbocycles. The van der Waals surface area contributed by atoms with Crippen LogP contribution in [0.1, 0.15) is 32.8 Å². The van der Waals surface area contributed by atoms with E-state index in [0.717, 1.165) is 24.2 Å². The molecule has 3 heteroatoms. The van der Waals surface area contributed by atoms with Gasteiger partial charge in [-0.25, -0.2) is 4.39 Å². The van der Waals surface area contributed by atoms with Gasteiger partial charge in [0.15, 0.2) is 0 Å². The minimum absolute atomic E-state index is 0.0440. The molecular formula is C15H25FN2. The molecule has 0 aliphatic rings. The molecule has 2 N–H and O–H groups in total. The van der Waals surface area contributed by atoms with Crippen molar-refractivity contribution in [2.45, 2.75) is 39.7 Å². The summed E-state index contributed by atoms with van der Waals surface area (Å²) < 4.78 is 13.3. The number of nitrogens with zero attached hydrogens (tertiary/aromatic N) is 1. The van der Waals surface area contributed by atoms with Crippen molar-refractivity contribution in [3.63, 3.8) is 0 Å². The predicted molar refractivity (Wildman–Crippen MR) is 76.5 cm³/mol. The van der Waals surface area contributed by atoms with Crippen molar-refractivity contribution in [2.24, 2.45) is 11.7 Å². The summed E-state index contributed by atoms with van der Waals surface area (Å²) in [6, 6.07) is 5.02. The molecule has 18 heavy (non-hydrogen) atoms. The van der Waals surface area contributed by atoms with Crippen molar-refractivity contribution < 1.29 is 4.39 Å². The van der Waals surface area contributed by atoms with Crippen LogP contribution in [0.4, 0.5) is 10.1 Å². The van der Waals surface area contributed by atoms with E-state index in [0.29, 0.717) is 12.3 Å². The average molecular weight is 252 g/mol. The third-order valence-corrected chi connectivity index (χ3v) is 3.28. The molecule has 0 aliphatic carbocycles. The van der Waals surface area contributed by atoms with E-state index in [9.17, 15) is 4.39 Å². The molecule has 2 unspecified atom stereocenters. The standard InChI is InChI=1S/C15H25FN2/c1-5-11(2)10-18(4)15-7-6-14(16)9-13(15)8-12(3)17/h6-7,9,11-12H,5,8,10,17H2,1-4H3. The fourth-order valence-corrected chi connectivity index (χ4v) is 2.13. The Morgan fingerprint density at radius 1 is 1.33 bits per heavy atom. The first kappa shape index (κ1) is 15.0. The molecule has 1 aromatic rings. The normalized spacial score (nSPS) is 14.3. The molecule has 0 radical (unpaired) electrons. The van der Waals surface area contributed by atoms with Gasteiger partial charge in [-0.05, 0) is 43.0 Å². The molecule has 2 nitrogen and oxygen atoms in total. The SMILES string of the molecule is CCC(C)CN(C)c1ccc(F)cc1CC(C)N. The second-order valence-electron chi connectivity index (χ2n) is 5.35. The smallest absolute Gasteiger partial charge is 0.123 e. The zero-order valence-electron chi connectivity index (χ0n) is 11.9. The molecule has 1 aromatic carbocycles. The first-order valence-electron chi connectivity index (χ1n) is 6.69. The second-order valence-corrected chi connectivity index (χ2v) is 5.35. The number of halogens is 1. The van der Waals surface area contributed by atoms with Crippen molar-refractivity contribution in [2.75, 3.05) is 18.5 Å². The van der Waals surface area contributed by atoms with Crippen LogP contribution in [-0.2, 0) is 6.42 Å². The van der Waals surface area contributed by atoms with Gasteiger partial charge in [0.1, 0.15) is 5.82 Å². The first-order valence-corrected chi connectivity index (χ1v) is 6.69. The topological polar surface area (TPSA) is 29.3 Å². The quantitative estimate of drug-likeness (QED) is 0.842. The second kappa shape index (κ2) is 6.74. The third kappa shape index (κ3) is 4.30. The lowest BCUT2D eigenvalue weighted by Gasteiger charge is -2.26. The van der Waals surface area contributed by atoms with Crippen molar-refractivity contribution in [1.82, 2.24) is 0 Å². The highest BCUT2D eigenvalue weighted by Gasteiger charge is 2.12. The minimum Gasteiger partial charge on any atom is -0.374 e. The van der Waals surface area contributed by atoms with Crippen LogP contribution in [0.2, 0.25) is 0 Å². The van der Waals surface area contributed by atoms with Crippen LogP contribution in [0.15, 0.2) is 18.2 Å². The zero-order chi connectivity index (χ0) is 13.7. The molecule has 0 bridgehead atoms. The number of rotatable bonds is 6. The maximum absolute atomic E-state index is 13.3. The molecule has 0 aliphatic heterocycles. The van der Waals surface area contributed by atoms with E-state index in [1.54, 1.807) is 6.07 Å². The Kier molecular flexibility index (Phi) is 5.60. The van der Waals surface area contributed by atoms with Gasteiger partial charge in [0.05, 0.1) is 0 Å². The van der Waals surface area contributed by atoms with E-state index in [1.807, 2.05) is 13.0 Å². The Morgan fingerprint density at radius 3 is 2.56 bits per heavy atom. The van der Waals surface area contributed by atoms with Crippen molar-refractivity contribution in [3.05, 3.63) is 29.6 Å².